The molecule has 0 atom stereocenters. The van der Waals surface area contributed by atoms with Crippen molar-refractivity contribution < 1.29 is 19.0 Å². The molecule has 1 saturated carbocycles. The molecule has 0 unspecified atom stereocenters. The zero-order chi connectivity index (χ0) is 23.5. The predicted octanol–water partition coefficient (Wildman–Crippen LogP) is 3.81. The van der Waals surface area contributed by atoms with Gasteiger partial charge in [0.05, 0.1) is 32.4 Å². The zero-order valence-corrected chi connectivity index (χ0v) is 19.6. The van der Waals surface area contributed by atoms with E-state index in [1.54, 1.807) is 45.1 Å². The van der Waals surface area contributed by atoms with Gasteiger partial charge in [0, 0.05) is 37.3 Å². The zero-order valence-electron chi connectivity index (χ0n) is 19.6. The van der Waals surface area contributed by atoms with Crippen LogP contribution in [-0.2, 0) is 18.4 Å². The second-order valence-electron chi connectivity index (χ2n) is 8.58. The molecule has 1 aliphatic carbocycles. The van der Waals surface area contributed by atoms with Gasteiger partial charge in [0.15, 0.2) is 11.5 Å². The van der Waals surface area contributed by atoms with Gasteiger partial charge in [-0.2, -0.15) is 0 Å². The van der Waals surface area contributed by atoms with Crippen LogP contribution in [0.1, 0.15) is 25.7 Å². The summed E-state index contributed by atoms with van der Waals surface area (Å²) in [5.74, 6) is 2.27. The molecule has 0 bridgehead atoms. The van der Waals surface area contributed by atoms with E-state index in [2.05, 4.69) is 5.32 Å². The van der Waals surface area contributed by atoms with E-state index in [0.29, 0.717) is 29.6 Å². The van der Waals surface area contributed by atoms with Crippen molar-refractivity contribution in [1.82, 2.24) is 9.13 Å². The van der Waals surface area contributed by atoms with Gasteiger partial charge in [-0.25, -0.2) is 4.79 Å². The molecule has 176 valence electrons. The second kappa shape index (κ2) is 9.60. The number of rotatable bonds is 7. The quantitative estimate of drug-likeness (QED) is 0.588. The molecule has 1 aliphatic rings. The minimum atomic E-state index is -0.0429. The van der Waals surface area contributed by atoms with Gasteiger partial charge in [-0.3, -0.25) is 13.9 Å². The number of ether oxygens (including phenoxy) is 3. The molecule has 33 heavy (non-hydrogen) atoms. The largest absolute Gasteiger partial charge is 0.497 e. The van der Waals surface area contributed by atoms with E-state index in [1.807, 2.05) is 28.8 Å². The Morgan fingerprint density at radius 2 is 1.67 bits per heavy atom. The predicted molar refractivity (Wildman–Crippen MR) is 127 cm³/mol. The Kier molecular flexibility index (Phi) is 6.62. The molecule has 0 spiro atoms. The number of hydrogen-bond donors (Lipinski definition) is 1. The van der Waals surface area contributed by atoms with Gasteiger partial charge in [-0.15, -0.1) is 0 Å². The van der Waals surface area contributed by atoms with Crippen LogP contribution in [0, 0.1) is 11.8 Å². The number of amides is 1. The van der Waals surface area contributed by atoms with E-state index in [1.165, 1.54) is 0 Å². The fraction of sp³-hybridized carbons (Fsp3) is 0.440. The monoisotopic (exact) mass is 453 g/mol. The number of fused-ring (bicyclic) bond motifs is 1. The maximum absolute atomic E-state index is 12.8. The van der Waals surface area contributed by atoms with Crippen LogP contribution in [-0.4, -0.2) is 36.4 Å². The van der Waals surface area contributed by atoms with Crippen molar-refractivity contribution in [2.75, 3.05) is 26.6 Å². The van der Waals surface area contributed by atoms with Gasteiger partial charge < -0.3 is 19.5 Å². The molecule has 8 heteroatoms. The van der Waals surface area contributed by atoms with E-state index in [9.17, 15) is 9.59 Å². The Labute approximate surface area is 193 Å². The van der Waals surface area contributed by atoms with Gasteiger partial charge in [0.2, 0.25) is 5.91 Å². The highest BCUT2D eigenvalue weighted by Crippen LogP contribution is 2.33. The Morgan fingerprint density at radius 1 is 0.939 bits per heavy atom. The Morgan fingerprint density at radius 3 is 2.33 bits per heavy atom. The van der Waals surface area contributed by atoms with Crippen molar-refractivity contribution in [3.05, 3.63) is 46.9 Å². The molecule has 1 heterocycles. The average Bonchev–Trinajstić information content (AvgIpc) is 3.08. The number of hydrogen-bond acceptors (Lipinski definition) is 5. The normalized spacial score (nSPS) is 18.2. The summed E-state index contributed by atoms with van der Waals surface area (Å²) in [6, 6.07) is 11.1. The minimum Gasteiger partial charge on any atom is -0.497 e. The lowest BCUT2D eigenvalue weighted by atomic mass is 9.81. The number of nitrogens with one attached hydrogen (secondary N) is 1. The molecular formula is C25H31N3O5. The Bertz CT molecular complexity index is 1200. The SMILES string of the molecule is COc1ccc2c(c1)n(CC1CCC(C(=O)Nc3ccc(OC)c(OC)c3)CC1)c(=O)n2C. The fourth-order valence-electron chi connectivity index (χ4n) is 4.72. The van der Waals surface area contributed by atoms with Gasteiger partial charge in [-0.05, 0) is 55.9 Å². The van der Waals surface area contributed by atoms with Crippen LogP contribution in [0.3, 0.4) is 0 Å². The fourth-order valence-corrected chi connectivity index (χ4v) is 4.72. The van der Waals surface area contributed by atoms with E-state index < -0.39 is 0 Å². The summed E-state index contributed by atoms with van der Waals surface area (Å²) in [7, 11) is 6.57. The number of nitrogens with zero attached hydrogens (tertiary/aromatic N) is 2. The number of carbonyl (C=O) groups is 1. The summed E-state index contributed by atoms with van der Waals surface area (Å²) < 4.78 is 19.4. The molecule has 8 nitrogen and oxygen atoms in total. The smallest absolute Gasteiger partial charge is 0.328 e. The van der Waals surface area contributed by atoms with Gasteiger partial charge in [-0.1, -0.05) is 0 Å². The van der Waals surface area contributed by atoms with E-state index in [4.69, 9.17) is 14.2 Å². The summed E-state index contributed by atoms with van der Waals surface area (Å²) >= 11 is 0. The van der Waals surface area contributed by atoms with Crippen LogP contribution in [0.2, 0.25) is 0 Å². The molecule has 0 aliphatic heterocycles. The van der Waals surface area contributed by atoms with Gasteiger partial charge >= 0.3 is 5.69 Å². The summed E-state index contributed by atoms with van der Waals surface area (Å²) in [5.41, 5.74) is 2.45. The third-order valence-electron chi connectivity index (χ3n) is 6.66. The lowest BCUT2D eigenvalue weighted by molar-refractivity contribution is -0.121. The van der Waals surface area contributed by atoms with Crippen molar-refractivity contribution in [3.8, 4) is 17.2 Å². The van der Waals surface area contributed by atoms with Crippen LogP contribution < -0.4 is 25.2 Å². The minimum absolute atomic E-state index is 0.0211. The van der Waals surface area contributed by atoms with Crippen molar-refractivity contribution >= 4 is 22.6 Å². The molecule has 1 amide bonds. The van der Waals surface area contributed by atoms with Crippen molar-refractivity contribution in [1.29, 1.82) is 0 Å². The molecule has 2 aromatic carbocycles. The number of anilines is 1. The molecule has 0 radical (unpaired) electrons. The molecular weight excluding hydrogens is 422 g/mol. The molecule has 0 saturated heterocycles. The van der Waals surface area contributed by atoms with Crippen LogP contribution in [0.25, 0.3) is 11.0 Å². The maximum atomic E-state index is 12.8. The van der Waals surface area contributed by atoms with Crippen LogP contribution in [0.4, 0.5) is 5.69 Å². The molecule has 1 N–H and O–H groups in total. The first-order valence-corrected chi connectivity index (χ1v) is 11.2. The number of aryl methyl sites for hydroxylation is 1. The summed E-state index contributed by atoms with van der Waals surface area (Å²) in [4.78, 5) is 25.7. The third kappa shape index (κ3) is 4.55. The van der Waals surface area contributed by atoms with E-state index in [-0.39, 0.29) is 17.5 Å². The maximum Gasteiger partial charge on any atom is 0.328 e. The van der Waals surface area contributed by atoms with Crippen LogP contribution in [0.5, 0.6) is 17.2 Å². The van der Waals surface area contributed by atoms with Crippen molar-refractivity contribution in [2.45, 2.75) is 32.2 Å². The number of benzene rings is 2. The average molecular weight is 454 g/mol. The summed E-state index contributed by atoms with van der Waals surface area (Å²) in [6.07, 6.45) is 3.40. The first-order chi connectivity index (χ1) is 15.9. The number of carbonyl (C=O) groups excluding carboxylic acids is 1. The lowest BCUT2D eigenvalue weighted by Crippen LogP contribution is -2.30. The Hall–Kier alpha value is -3.42. The second-order valence-corrected chi connectivity index (χ2v) is 8.58. The van der Waals surface area contributed by atoms with E-state index >= 15 is 0 Å². The molecule has 1 aromatic heterocycles. The highest BCUT2D eigenvalue weighted by molar-refractivity contribution is 5.93. The molecule has 4 rings (SSSR count). The lowest BCUT2D eigenvalue weighted by Gasteiger charge is -2.28. The molecule has 1 fully saturated rings. The van der Waals surface area contributed by atoms with Crippen molar-refractivity contribution in [3.63, 3.8) is 0 Å². The third-order valence-corrected chi connectivity index (χ3v) is 6.66. The standard InChI is InChI=1S/C25H31N3O5/c1-27-20-11-10-19(31-2)14-21(20)28(25(27)30)15-16-5-7-17(8-6-16)24(29)26-18-9-12-22(32-3)23(13-18)33-4/h9-14,16-17H,5-8,15H2,1-4H3,(H,26,29). The highest BCUT2D eigenvalue weighted by atomic mass is 16.5. The Balaban J connectivity index is 1.40. The first kappa shape index (κ1) is 22.8. The number of imidazole rings is 1. The van der Waals surface area contributed by atoms with Gasteiger partial charge in [0.1, 0.15) is 5.75 Å². The summed E-state index contributed by atoms with van der Waals surface area (Å²) in [6.45, 7) is 0.646. The number of aromatic nitrogens is 2. The molecule has 3 aromatic rings. The van der Waals surface area contributed by atoms with Gasteiger partial charge in [0.25, 0.3) is 0 Å². The highest BCUT2D eigenvalue weighted by Gasteiger charge is 2.27. The van der Waals surface area contributed by atoms with Crippen LogP contribution >= 0.6 is 0 Å². The van der Waals surface area contributed by atoms with E-state index in [0.717, 1.165) is 42.5 Å². The van der Waals surface area contributed by atoms with Crippen molar-refractivity contribution in [2.24, 2.45) is 18.9 Å². The number of methoxy groups -OCH3 is 3. The van der Waals surface area contributed by atoms with Crippen LogP contribution in [0.15, 0.2) is 41.2 Å². The first-order valence-electron chi connectivity index (χ1n) is 11.2. The summed E-state index contributed by atoms with van der Waals surface area (Å²) in [5, 5.41) is 3.00. The topological polar surface area (TPSA) is 83.7 Å².